The largest absolute Gasteiger partial charge is 0.494 e. The van der Waals surface area contributed by atoms with Crippen LogP contribution in [0.3, 0.4) is 0 Å². The van der Waals surface area contributed by atoms with E-state index in [0.29, 0.717) is 13.0 Å². The minimum Gasteiger partial charge on any atom is -0.494 e. The van der Waals surface area contributed by atoms with Crippen LogP contribution in [0, 0.1) is 0 Å². The molecule has 90 valence electrons. The van der Waals surface area contributed by atoms with Crippen LogP contribution in [0.5, 0.6) is 5.75 Å². The smallest absolute Gasteiger partial charge is 0.119 e. The van der Waals surface area contributed by atoms with Crippen molar-refractivity contribution in [3.05, 3.63) is 29.8 Å². The summed E-state index contributed by atoms with van der Waals surface area (Å²) >= 11 is 0. The number of ether oxygens (including phenoxy) is 1. The first-order valence-electron chi connectivity index (χ1n) is 5.84. The molecule has 0 aliphatic rings. The second-order valence-corrected chi connectivity index (χ2v) is 3.97. The number of benzene rings is 1. The third-order valence-electron chi connectivity index (χ3n) is 2.45. The Balaban J connectivity index is 2.31. The maximum Gasteiger partial charge on any atom is 0.119 e. The zero-order valence-corrected chi connectivity index (χ0v) is 9.86. The summed E-state index contributed by atoms with van der Waals surface area (Å²) in [4.78, 5) is 0. The van der Waals surface area contributed by atoms with Crippen LogP contribution in [0.1, 0.15) is 25.3 Å². The molecule has 0 spiro atoms. The third kappa shape index (κ3) is 4.64. The molecule has 0 heterocycles. The van der Waals surface area contributed by atoms with Crippen molar-refractivity contribution in [2.75, 3.05) is 13.2 Å². The van der Waals surface area contributed by atoms with Gasteiger partial charge in [-0.3, -0.25) is 0 Å². The first-order valence-corrected chi connectivity index (χ1v) is 5.84. The van der Waals surface area contributed by atoms with Crippen molar-refractivity contribution in [1.29, 1.82) is 0 Å². The maximum absolute atomic E-state index is 8.75. The fourth-order valence-corrected chi connectivity index (χ4v) is 1.46. The molecule has 16 heavy (non-hydrogen) atoms. The number of hydrogen-bond acceptors (Lipinski definition) is 3. The summed E-state index contributed by atoms with van der Waals surface area (Å²) in [6.07, 6.45) is 2.94. The van der Waals surface area contributed by atoms with E-state index in [-0.39, 0.29) is 12.6 Å². The lowest BCUT2D eigenvalue weighted by Crippen LogP contribution is -2.26. The van der Waals surface area contributed by atoms with Crippen LogP contribution in [0.4, 0.5) is 0 Å². The van der Waals surface area contributed by atoms with Gasteiger partial charge >= 0.3 is 0 Å². The molecule has 1 aromatic carbocycles. The molecule has 0 aromatic heterocycles. The Morgan fingerprint density at radius 1 is 1.31 bits per heavy atom. The molecule has 3 heteroatoms. The molecule has 0 aliphatic carbocycles. The summed E-state index contributed by atoms with van der Waals surface area (Å²) < 4.78 is 5.52. The van der Waals surface area contributed by atoms with Gasteiger partial charge < -0.3 is 15.6 Å². The summed E-state index contributed by atoms with van der Waals surface area (Å²) in [7, 11) is 0. The van der Waals surface area contributed by atoms with E-state index in [2.05, 4.69) is 19.1 Å². The molecule has 1 atom stereocenters. The van der Waals surface area contributed by atoms with Crippen LogP contribution in [0.15, 0.2) is 24.3 Å². The average molecular weight is 223 g/mol. The van der Waals surface area contributed by atoms with Crippen molar-refractivity contribution in [2.24, 2.45) is 5.73 Å². The predicted octanol–water partition coefficient (Wildman–Crippen LogP) is 1.73. The van der Waals surface area contributed by atoms with Crippen LogP contribution < -0.4 is 10.5 Å². The number of hydrogen-bond donors (Lipinski definition) is 2. The highest BCUT2D eigenvalue weighted by molar-refractivity contribution is 5.27. The first kappa shape index (κ1) is 13.0. The fraction of sp³-hybridized carbons (Fsp3) is 0.538. The fourth-order valence-electron chi connectivity index (χ4n) is 1.46. The molecular formula is C13H21NO2. The quantitative estimate of drug-likeness (QED) is 0.740. The van der Waals surface area contributed by atoms with Crippen molar-refractivity contribution in [1.82, 2.24) is 0 Å². The zero-order chi connectivity index (χ0) is 11.8. The van der Waals surface area contributed by atoms with Gasteiger partial charge in [-0.1, -0.05) is 25.5 Å². The normalized spacial score (nSPS) is 12.4. The highest BCUT2D eigenvalue weighted by atomic mass is 16.5. The Hall–Kier alpha value is -1.06. The van der Waals surface area contributed by atoms with Crippen LogP contribution >= 0.6 is 0 Å². The summed E-state index contributed by atoms with van der Waals surface area (Å²) in [5.74, 6) is 0.866. The van der Waals surface area contributed by atoms with Crippen molar-refractivity contribution in [3.8, 4) is 5.75 Å². The van der Waals surface area contributed by atoms with Crippen molar-refractivity contribution in [2.45, 2.75) is 32.2 Å². The SMILES string of the molecule is CCCc1ccc(OCCC(N)CO)cc1. The van der Waals surface area contributed by atoms with Crippen LogP contribution in [-0.4, -0.2) is 24.4 Å². The van der Waals surface area contributed by atoms with Gasteiger partial charge in [0.05, 0.1) is 13.2 Å². The molecule has 0 fully saturated rings. The van der Waals surface area contributed by atoms with Gasteiger partial charge in [-0.15, -0.1) is 0 Å². The Bertz CT molecular complexity index is 284. The summed E-state index contributed by atoms with van der Waals surface area (Å²) in [6, 6.07) is 7.96. The van der Waals surface area contributed by atoms with E-state index in [1.165, 1.54) is 5.56 Å². The topological polar surface area (TPSA) is 55.5 Å². The Kier molecular flexibility index (Phi) is 5.90. The maximum atomic E-state index is 8.75. The average Bonchev–Trinajstić information content (AvgIpc) is 2.31. The monoisotopic (exact) mass is 223 g/mol. The zero-order valence-electron chi connectivity index (χ0n) is 9.86. The van der Waals surface area contributed by atoms with Crippen LogP contribution in [0.25, 0.3) is 0 Å². The van der Waals surface area contributed by atoms with Gasteiger partial charge in [-0.05, 0) is 30.5 Å². The van der Waals surface area contributed by atoms with Crippen molar-refractivity contribution < 1.29 is 9.84 Å². The van der Waals surface area contributed by atoms with Gasteiger partial charge in [-0.2, -0.15) is 0 Å². The van der Waals surface area contributed by atoms with E-state index < -0.39 is 0 Å². The second kappa shape index (κ2) is 7.25. The van der Waals surface area contributed by atoms with E-state index in [0.717, 1.165) is 18.6 Å². The first-order chi connectivity index (χ1) is 7.76. The van der Waals surface area contributed by atoms with E-state index >= 15 is 0 Å². The lowest BCUT2D eigenvalue weighted by molar-refractivity contribution is 0.230. The molecule has 0 amide bonds. The summed E-state index contributed by atoms with van der Waals surface area (Å²) in [6.45, 7) is 2.73. The highest BCUT2D eigenvalue weighted by Crippen LogP contribution is 2.13. The molecular weight excluding hydrogens is 202 g/mol. The predicted molar refractivity (Wildman–Crippen MR) is 65.6 cm³/mol. The van der Waals surface area contributed by atoms with Gasteiger partial charge in [0.25, 0.3) is 0 Å². The number of rotatable bonds is 7. The lowest BCUT2D eigenvalue weighted by Gasteiger charge is -2.10. The number of nitrogens with two attached hydrogens (primary N) is 1. The van der Waals surface area contributed by atoms with Gasteiger partial charge in [0.2, 0.25) is 0 Å². The lowest BCUT2D eigenvalue weighted by atomic mass is 10.1. The van der Waals surface area contributed by atoms with E-state index in [1.54, 1.807) is 0 Å². The van der Waals surface area contributed by atoms with Gasteiger partial charge in [0.1, 0.15) is 5.75 Å². The number of aliphatic hydroxyl groups is 1. The standard InChI is InChI=1S/C13H21NO2/c1-2-3-11-4-6-13(7-5-11)16-9-8-12(14)10-15/h4-7,12,15H,2-3,8-10,14H2,1H3. The molecule has 0 aliphatic heterocycles. The van der Waals surface area contributed by atoms with Crippen LogP contribution in [0.2, 0.25) is 0 Å². The Labute approximate surface area is 97.2 Å². The number of aryl methyl sites for hydroxylation is 1. The van der Waals surface area contributed by atoms with Gasteiger partial charge in [0.15, 0.2) is 0 Å². The second-order valence-electron chi connectivity index (χ2n) is 3.97. The molecule has 0 bridgehead atoms. The Morgan fingerprint density at radius 2 is 2.00 bits per heavy atom. The molecule has 1 rings (SSSR count). The van der Waals surface area contributed by atoms with Crippen molar-refractivity contribution >= 4 is 0 Å². The molecule has 1 unspecified atom stereocenters. The van der Waals surface area contributed by atoms with E-state index in [1.807, 2.05) is 12.1 Å². The molecule has 3 nitrogen and oxygen atoms in total. The van der Waals surface area contributed by atoms with Crippen LogP contribution in [-0.2, 0) is 6.42 Å². The molecule has 1 aromatic rings. The third-order valence-corrected chi connectivity index (χ3v) is 2.45. The van der Waals surface area contributed by atoms with E-state index in [9.17, 15) is 0 Å². The molecule has 0 radical (unpaired) electrons. The summed E-state index contributed by atoms with van der Waals surface area (Å²) in [5.41, 5.74) is 6.91. The van der Waals surface area contributed by atoms with Crippen molar-refractivity contribution in [3.63, 3.8) is 0 Å². The minimum absolute atomic E-state index is 0.0127. The van der Waals surface area contributed by atoms with Gasteiger partial charge in [0, 0.05) is 6.04 Å². The highest BCUT2D eigenvalue weighted by Gasteiger charge is 2.00. The molecule has 0 saturated heterocycles. The Morgan fingerprint density at radius 3 is 2.56 bits per heavy atom. The minimum atomic E-state index is -0.181. The molecule has 0 saturated carbocycles. The molecule has 3 N–H and O–H groups in total. The summed E-state index contributed by atoms with van der Waals surface area (Å²) in [5, 5.41) is 8.75. The van der Waals surface area contributed by atoms with E-state index in [4.69, 9.17) is 15.6 Å². The van der Waals surface area contributed by atoms with Gasteiger partial charge in [-0.25, -0.2) is 0 Å². The number of aliphatic hydroxyl groups excluding tert-OH is 1.